The van der Waals surface area contributed by atoms with Crippen LogP contribution in [0.25, 0.3) is 0 Å². The topological polar surface area (TPSA) is 92.8 Å². The molecule has 29 heavy (non-hydrogen) atoms. The number of ether oxygens (including phenoxy) is 1. The van der Waals surface area contributed by atoms with Crippen LogP contribution in [0, 0.1) is 0 Å². The number of carbonyl (C=O) groups is 2. The van der Waals surface area contributed by atoms with Crippen LogP contribution in [0.2, 0.25) is 0 Å². The molecule has 0 radical (unpaired) electrons. The van der Waals surface area contributed by atoms with E-state index in [2.05, 4.69) is 5.32 Å². The second-order valence-corrected chi connectivity index (χ2v) is 9.24. The average molecular weight is 414 g/mol. The van der Waals surface area contributed by atoms with Gasteiger partial charge in [0.25, 0.3) is 15.9 Å². The molecule has 0 unspecified atom stereocenters. The minimum atomic E-state index is -3.85. The minimum absolute atomic E-state index is 0.0120. The van der Waals surface area contributed by atoms with Crippen molar-refractivity contribution in [3.8, 4) is 0 Å². The van der Waals surface area contributed by atoms with E-state index in [0.29, 0.717) is 12.1 Å². The molecule has 1 fully saturated rings. The number of fused-ring (bicyclic) bond motifs is 1. The van der Waals surface area contributed by atoms with Crippen molar-refractivity contribution in [2.24, 2.45) is 0 Å². The molecule has 1 aliphatic heterocycles. The van der Waals surface area contributed by atoms with Crippen LogP contribution in [-0.4, -0.2) is 39.0 Å². The Morgan fingerprint density at radius 1 is 1.14 bits per heavy atom. The number of benzene rings is 2. The highest BCUT2D eigenvalue weighted by Gasteiger charge is 2.36. The van der Waals surface area contributed by atoms with E-state index >= 15 is 0 Å². The van der Waals surface area contributed by atoms with Crippen molar-refractivity contribution in [2.45, 2.75) is 43.2 Å². The normalized spacial score (nSPS) is 18.2. The molecule has 0 spiro atoms. The summed E-state index contributed by atoms with van der Waals surface area (Å²) in [6.07, 6.45) is 2.52. The van der Waals surface area contributed by atoms with Gasteiger partial charge in [0.15, 0.2) is 6.61 Å². The molecule has 1 atom stereocenters. The smallest absolute Gasteiger partial charge is 0.338 e. The fourth-order valence-corrected chi connectivity index (χ4v) is 5.25. The van der Waals surface area contributed by atoms with E-state index in [1.165, 1.54) is 28.6 Å². The Bertz CT molecular complexity index is 1060. The van der Waals surface area contributed by atoms with Crippen molar-refractivity contribution in [3.63, 3.8) is 0 Å². The maximum Gasteiger partial charge on any atom is 0.338 e. The van der Waals surface area contributed by atoms with Crippen LogP contribution in [0.1, 0.15) is 35.7 Å². The summed E-state index contributed by atoms with van der Waals surface area (Å²) >= 11 is 0. The first-order valence-corrected chi connectivity index (χ1v) is 11.0. The molecule has 1 amide bonds. The molecule has 7 nitrogen and oxygen atoms in total. The molecule has 1 N–H and O–H groups in total. The van der Waals surface area contributed by atoms with Crippen LogP contribution in [0.4, 0.5) is 5.69 Å². The first kappa shape index (κ1) is 19.4. The van der Waals surface area contributed by atoms with Crippen molar-refractivity contribution >= 4 is 27.6 Å². The third-order valence-corrected chi connectivity index (χ3v) is 6.97. The number of sulfonamides is 1. The lowest BCUT2D eigenvalue weighted by molar-refractivity contribution is -0.124. The van der Waals surface area contributed by atoms with E-state index in [1.54, 1.807) is 12.1 Å². The van der Waals surface area contributed by atoms with E-state index in [4.69, 9.17) is 4.74 Å². The summed E-state index contributed by atoms with van der Waals surface area (Å²) in [5, 5.41) is 2.73. The summed E-state index contributed by atoms with van der Waals surface area (Å²) in [7, 11) is -3.85. The lowest BCUT2D eigenvalue weighted by Crippen LogP contribution is -2.35. The standard InChI is InChI=1S/C21H22N2O5S/c1-14-11-15-5-2-3-8-19(15)23(14)29(26,27)18-7-4-6-16(12-18)21(25)28-13-20(24)22-17-9-10-17/h2-8,12,14,17H,9-11,13H2,1H3,(H,22,24)/t14-/m0/s1. The van der Waals surface area contributed by atoms with Crippen molar-refractivity contribution in [3.05, 3.63) is 59.7 Å². The van der Waals surface area contributed by atoms with Crippen molar-refractivity contribution in [1.29, 1.82) is 0 Å². The number of anilines is 1. The van der Waals surface area contributed by atoms with Crippen molar-refractivity contribution < 1.29 is 22.7 Å². The van der Waals surface area contributed by atoms with Gasteiger partial charge in [0.2, 0.25) is 0 Å². The van der Waals surface area contributed by atoms with Gasteiger partial charge < -0.3 is 10.1 Å². The molecule has 8 heteroatoms. The molecule has 0 saturated heterocycles. The van der Waals surface area contributed by atoms with Gasteiger partial charge in [-0.25, -0.2) is 13.2 Å². The molecular weight excluding hydrogens is 392 g/mol. The summed E-state index contributed by atoms with van der Waals surface area (Å²) in [6.45, 7) is 1.47. The Labute approximate surface area is 169 Å². The number of nitrogens with one attached hydrogen (secondary N) is 1. The van der Waals surface area contributed by atoms with E-state index in [9.17, 15) is 18.0 Å². The van der Waals surface area contributed by atoms with Gasteiger partial charge in [-0.3, -0.25) is 9.10 Å². The predicted octanol–water partition coefficient (Wildman–Crippen LogP) is 2.26. The van der Waals surface area contributed by atoms with E-state index in [0.717, 1.165) is 18.4 Å². The second kappa shape index (κ2) is 7.51. The Morgan fingerprint density at radius 2 is 1.90 bits per heavy atom. The molecule has 0 bridgehead atoms. The molecule has 4 rings (SSSR count). The highest BCUT2D eigenvalue weighted by Crippen LogP contribution is 2.36. The van der Waals surface area contributed by atoms with Crippen LogP contribution in [-0.2, 0) is 26.0 Å². The number of carbonyl (C=O) groups excluding carboxylic acids is 2. The minimum Gasteiger partial charge on any atom is -0.452 e. The molecule has 2 aromatic carbocycles. The average Bonchev–Trinajstić information content (AvgIpc) is 3.44. The molecule has 1 aliphatic carbocycles. The summed E-state index contributed by atoms with van der Waals surface area (Å²) < 4.78 is 33.0. The monoisotopic (exact) mass is 414 g/mol. The number of hydrogen-bond acceptors (Lipinski definition) is 5. The summed E-state index contributed by atoms with van der Waals surface area (Å²) in [6, 6.07) is 13.1. The van der Waals surface area contributed by atoms with E-state index < -0.39 is 16.0 Å². The van der Waals surface area contributed by atoms with Gasteiger partial charge in [-0.05, 0) is 56.0 Å². The van der Waals surface area contributed by atoms with Gasteiger partial charge in [-0.2, -0.15) is 0 Å². The number of nitrogens with zero attached hydrogens (tertiary/aromatic N) is 1. The van der Waals surface area contributed by atoms with Crippen molar-refractivity contribution in [2.75, 3.05) is 10.9 Å². The molecule has 1 saturated carbocycles. The van der Waals surface area contributed by atoms with E-state index in [-0.39, 0.29) is 35.1 Å². The summed E-state index contributed by atoms with van der Waals surface area (Å²) in [5.74, 6) is -1.09. The third kappa shape index (κ3) is 3.98. The number of rotatable bonds is 6. The molecule has 2 aliphatic rings. The third-order valence-electron chi connectivity index (χ3n) is 5.05. The number of hydrogen-bond donors (Lipinski definition) is 1. The van der Waals surface area contributed by atoms with Gasteiger partial charge in [0.1, 0.15) is 0 Å². The number of amides is 1. The molecule has 1 heterocycles. The Kier molecular flexibility index (Phi) is 5.04. The second-order valence-electron chi connectivity index (χ2n) is 7.43. The number of esters is 1. The Morgan fingerprint density at radius 3 is 2.66 bits per heavy atom. The van der Waals surface area contributed by atoms with Crippen LogP contribution in [0.15, 0.2) is 53.4 Å². The lowest BCUT2D eigenvalue weighted by Gasteiger charge is -2.24. The maximum atomic E-state index is 13.3. The van der Waals surface area contributed by atoms with Crippen LogP contribution in [0.5, 0.6) is 0 Å². The van der Waals surface area contributed by atoms with Crippen LogP contribution in [0.3, 0.4) is 0 Å². The summed E-state index contributed by atoms with van der Waals surface area (Å²) in [4.78, 5) is 24.0. The number of para-hydroxylation sites is 1. The van der Waals surface area contributed by atoms with Crippen molar-refractivity contribution in [1.82, 2.24) is 5.32 Å². The highest BCUT2D eigenvalue weighted by molar-refractivity contribution is 7.92. The Hall–Kier alpha value is -2.87. The molecule has 152 valence electrons. The molecule has 0 aromatic heterocycles. The largest absolute Gasteiger partial charge is 0.452 e. The zero-order chi connectivity index (χ0) is 20.6. The lowest BCUT2D eigenvalue weighted by atomic mass is 10.1. The predicted molar refractivity (Wildman–Crippen MR) is 107 cm³/mol. The van der Waals surface area contributed by atoms with Crippen LogP contribution < -0.4 is 9.62 Å². The molecular formula is C21H22N2O5S. The SMILES string of the molecule is C[C@H]1Cc2ccccc2N1S(=O)(=O)c1cccc(C(=O)OCC(=O)NC2CC2)c1. The fraction of sp³-hybridized carbons (Fsp3) is 0.333. The van der Waals surface area contributed by atoms with Gasteiger partial charge in [-0.15, -0.1) is 0 Å². The summed E-state index contributed by atoms with van der Waals surface area (Å²) in [5.41, 5.74) is 1.72. The first-order chi connectivity index (χ1) is 13.9. The van der Waals surface area contributed by atoms with Gasteiger partial charge in [-0.1, -0.05) is 24.3 Å². The van der Waals surface area contributed by atoms with Gasteiger partial charge in [0.05, 0.1) is 16.1 Å². The van der Waals surface area contributed by atoms with E-state index in [1.807, 2.05) is 19.1 Å². The quantitative estimate of drug-likeness (QED) is 0.732. The highest BCUT2D eigenvalue weighted by atomic mass is 32.2. The fourth-order valence-electron chi connectivity index (χ4n) is 3.51. The van der Waals surface area contributed by atoms with Gasteiger partial charge >= 0.3 is 5.97 Å². The maximum absolute atomic E-state index is 13.3. The molecule has 2 aromatic rings. The van der Waals surface area contributed by atoms with Gasteiger partial charge in [0, 0.05) is 12.1 Å². The zero-order valence-corrected chi connectivity index (χ0v) is 16.8. The zero-order valence-electron chi connectivity index (χ0n) is 16.0. The first-order valence-electron chi connectivity index (χ1n) is 9.55. The Balaban J connectivity index is 1.53. The van der Waals surface area contributed by atoms with Crippen LogP contribution >= 0.6 is 0 Å².